The minimum absolute atomic E-state index is 0. The van der Waals surface area contributed by atoms with Crippen molar-refractivity contribution in [3.63, 3.8) is 0 Å². The lowest BCUT2D eigenvalue weighted by atomic mass is 10.4. The van der Waals surface area contributed by atoms with Crippen LogP contribution in [0, 0.1) is 0 Å². The van der Waals surface area contributed by atoms with Gasteiger partial charge in [-0.3, -0.25) is 14.5 Å². The number of nitrogens with zero attached hydrogens (tertiary/aromatic N) is 1. The van der Waals surface area contributed by atoms with Crippen molar-refractivity contribution >= 4 is 24.0 Å². The molecule has 98 valence electrons. The summed E-state index contributed by atoms with van der Waals surface area (Å²) in [6.07, 6.45) is 2.31. The highest BCUT2D eigenvalue weighted by atomic mass is 35.5. The van der Waals surface area contributed by atoms with Crippen molar-refractivity contribution < 1.29 is 4.79 Å². The van der Waals surface area contributed by atoms with Gasteiger partial charge in [0.15, 0.2) is 0 Å². The Labute approximate surface area is 112 Å². The van der Waals surface area contributed by atoms with Crippen molar-refractivity contribution in [1.82, 2.24) is 4.90 Å². The van der Waals surface area contributed by atoms with Crippen LogP contribution in [0.25, 0.3) is 0 Å². The Morgan fingerprint density at radius 1 is 1.17 bits per heavy atom. The molecule has 1 aromatic carbocycles. The van der Waals surface area contributed by atoms with Gasteiger partial charge in [0.1, 0.15) is 0 Å². The molecule has 0 radical (unpaired) electrons. The maximum Gasteiger partial charge on any atom is 0.238 e. The van der Waals surface area contributed by atoms with E-state index in [0.29, 0.717) is 12.2 Å². The molecule has 0 bridgehead atoms. The Morgan fingerprint density at radius 2 is 1.83 bits per heavy atom. The van der Waals surface area contributed by atoms with Gasteiger partial charge < -0.3 is 5.32 Å². The van der Waals surface area contributed by atoms with E-state index in [1.54, 1.807) is 24.3 Å². The summed E-state index contributed by atoms with van der Waals surface area (Å²) in [6, 6.07) is 8.25. The van der Waals surface area contributed by atoms with Crippen molar-refractivity contribution in [3.8, 4) is 0 Å². The van der Waals surface area contributed by atoms with Gasteiger partial charge in [-0.15, -0.1) is 12.4 Å². The van der Waals surface area contributed by atoms with Gasteiger partial charge in [0, 0.05) is 0 Å². The molecule has 4 nitrogen and oxygen atoms in total. The summed E-state index contributed by atoms with van der Waals surface area (Å²) in [5, 5.41) is 2.66. The van der Waals surface area contributed by atoms with E-state index in [0.717, 1.165) is 25.9 Å². The number of anilines is 1. The van der Waals surface area contributed by atoms with Crippen LogP contribution < -0.4 is 10.7 Å². The Kier molecular flexibility index (Phi) is 5.82. The first-order valence-corrected chi connectivity index (χ1v) is 5.87. The molecule has 1 fully saturated rings. The third-order valence-corrected chi connectivity index (χ3v) is 2.84. The normalized spacial score (nSPS) is 14.9. The number of nitrogens with one attached hydrogen (secondary N) is 1. The molecule has 2 rings (SSSR count). The lowest BCUT2D eigenvalue weighted by Crippen LogP contribution is -2.31. The number of hydrogen-bond acceptors (Lipinski definition) is 3. The van der Waals surface area contributed by atoms with E-state index in [1.165, 1.54) is 6.07 Å². The molecule has 0 aliphatic carbocycles. The summed E-state index contributed by atoms with van der Waals surface area (Å²) >= 11 is 0. The van der Waals surface area contributed by atoms with Gasteiger partial charge >= 0.3 is 0 Å². The van der Waals surface area contributed by atoms with E-state index in [9.17, 15) is 9.59 Å². The van der Waals surface area contributed by atoms with E-state index in [2.05, 4.69) is 10.2 Å². The molecule has 1 saturated heterocycles. The lowest BCUT2D eigenvalue weighted by molar-refractivity contribution is -0.117. The molecule has 0 saturated carbocycles. The summed E-state index contributed by atoms with van der Waals surface area (Å²) in [5.41, 5.74) is 0.184. The monoisotopic (exact) mass is 268 g/mol. The van der Waals surface area contributed by atoms with Gasteiger partial charge in [0.05, 0.1) is 12.2 Å². The van der Waals surface area contributed by atoms with Crippen molar-refractivity contribution in [3.05, 3.63) is 40.6 Å². The maximum atomic E-state index is 11.7. The predicted molar refractivity (Wildman–Crippen MR) is 74.3 cm³/mol. The van der Waals surface area contributed by atoms with Crippen LogP contribution in [0.3, 0.4) is 0 Å². The first-order valence-electron chi connectivity index (χ1n) is 5.87. The molecular formula is C13H17ClN2O2. The molecule has 1 N–H and O–H groups in total. The quantitative estimate of drug-likeness (QED) is 0.904. The van der Waals surface area contributed by atoms with Gasteiger partial charge in [0.2, 0.25) is 11.3 Å². The topological polar surface area (TPSA) is 49.4 Å². The zero-order chi connectivity index (χ0) is 12.1. The van der Waals surface area contributed by atoms with E-state index in [1.807, 2.05) is 0 Å². The summed E-state index contributed by atoms with van der Waals surface area (Å²) in [5.74, 6) is -0.116. The van der Waals surface area contributed by atoms with Gasteiger partial charge in [0.25, 0.3) is 0 Å². The third kappa shape index (κ3) is 4.13. The second-order valence-electron chi connectivity index (χ2n) is 4.22. The molecule has 1 amide bonds. The number of rotatable bonds is 3. The van der Waals surface area contributed by atoms with Crippen LogP contribution in [0.5, 0.6) is 0 Å². The van der Waals surface area contributed by atoms with Crippen LogP contribution in [0.4, 0.5) is 5.69 Å². The summed E-state index contributed by atoms with van der Waals surface area (Å²) in [4.78, 5) is 25.4. The predicted octanol–water partition coefficient (Wildman–Crippen LogP) is 1.50. The third-order valence-electron chi connectivity index (χ3n) is 2.84. The van der Waals surface area contributed by atoms with E-state index in [-0.39, 0.29) is 23.7 Å². The van der Waals surface area contributed by atoms with Gasteiger partial charge in [-0.1, -0.05) is 18.2 Å². The minimum atomic E-state index is -0.162. The highest BCUT2D eigenvalue weighted by Gasteiger charge is 2.15. The standard InChI is InChI=1S/C13H16N2O2.ClH/c16-12-7-3-1-2-6-11(12)14-13(17)10-15-8-4-5-9-15;/h1-3,6-7H,4-5,8-10H2,(H,14,16,17);1H. The van der Waals surface area contributed by atoms with Gasteiger partial charge in [-0.25, -0.2) is 0 Å². The molecule has 0 unspecified atom stereocenters. The fourth-order valence-electron chi connectivity index (χ4n) is 1.97. The largest absolute Gasteiger partial charge is 0.322 e. The Hall–Kier alpha value is -1.39. The SMILES string of the molecule is Cl.O=C(CN1CCCC1)Nc1cccccc1=O. The number of hydrogen-bond donors (Lipinski definition) is 1. The minimum Gasteiger partial charge on any atom is -0.322 e. The second-order valence-corrected chi connectivity index (χ2v) is 4.22. The Balaban J connectivity index is 0.00000162. The van der Waals surface area contributed by atoms with E-state index >= 15 is 0 Å². The van der Waals surface area contributed by atoms with Crippen molar-refractivity contribution in [2.24, 2.45) is 0 Å². The van der Waals surface area contributed by atoms with Gasteiger partial charge in [-0.2, -0.15) is 0 Å². The van der Waals surface area contributed by atoms with Gasteiger partial charge in [-0.05, 0) is 38.1 Å². The zero-order valence-electron chi connectivity index (χ0n) is 10.1. The van der Waals surface area contributed by atoms with Crippen LogP contribution in [-0.2, 0) is 4.79 Å². The molecule has 0 aromatic heterocycles. The molecule has 1 aromatic rings. The first-order chi connectivity index (χ1) is 8.25. The highest BCUT2D eigenvalue weighted by molar-refractivity contribution is 5.92. The lowest BCUT2D eigenvalue weighted by Gasteiger charge is -2.13. The van der Waals surface area contributed by atoms with Crippen LogP contribution in [0.2, 0.25) is 0 Å². The van der Waals surface area contributed by atoms with E-state index < -0.39 is 0 Å². The summed E-state index contributed by atoms with van der Waals surface area (Å²) in [6.45, 7) is 2.32. The molecule has 18 heavy (non-hydrogen) atoms. The Bertz CT molecular complexity index is 459. The molecule has 1 aliphatic heterocycles. The Morgan fingerprint density at radius 3 is 2.56 bits per heavy atom. The molecule has 0 atom stereocenters. The average Bonchev–Trinajstić information content (AvgIpc) is 2.71. The first kappa shape index (κ1) is 14.7. The maximum absolute atomic E-state index is 11.7. The molecule has 0 spiro atoms. The van der Waals surface area contributed by atoms with Crippen molar-refractivity contribution in [2.45, 2.75) is 12.8 Å². The number of carbonyl (C=O) groups excluding carboxylic acids is 1. The summed E-state index contributed by atoms with van der Waals surface area (Å²) in [7, 11) is 0. The highest BCUT2D eigenvalue weighted by Crippen LogP contribution is 2.06. The van der Waals surface area contributed by atoms with E-state index in [4.69, 9.17) is 0 Å². The van der Waals surface area contributed by atoms with Crippen molar-refractivity contribution in [2.75, 3.05) is 25.0 Å². The van der Waals surface area contributed by atoms with Crippen LogP contribution in [0.1, 0.15) is 12.8 Å². The number of amides is 1. The van der Waals surface area contributed by atoms with Crippen molar-refractivity contribution in [1.29, 1.82) is 0 Å². The van der Waals surface area contributed by atoms with Crippen LogP contribution in [0.15, 0.2) is 35.1 Å². The van der Waals surface area contributed by atoms with Crippen LogP contribution in [-0.4, -0.2) is 30.4 Å². The molecule has 1 heterocycles. The fourth-order valence-corrected chi connectivity index (χ4v) is 1.97. The second kappa shape index (κ2) is 7.13. The number of likely N-dealkylation sites (tertiary alicyclic amines) is 1. The molecule has 5 heteroatoms. The number of carbonyl (C=O) groups is 1. The smallest absolute Gasteiger partial charge is 0.238 e. The average molecular weight is 269 g/mol. The number of halogens is 1. The fraction of sp³-hybridized carbons (Fsp3) is 0.385. The summed E-state index contributed by atoms with van der Waals surface area (Å²) < 4.78 is 0. The zero-order valence-corrected chi connectivity index (χ0v) is 10.9. The molecule has 1 aliphatic rings. The van der Waals surface area contributed by atoms with Crippen LogP contribution >= 0.6 is 12.4 Å². The molecular weight excluding hydrogens is 252 g/mol.